The van der Waals surface area contributed by atoms with Crippen molar-refractivity contribution in [2.24, 2.45) is 11.8 Å². The maximum absolute atomic E-state index is 6.17. The van der Waals surface area contributed by atoms with Crippen molar-refractivity contribution >= 4 is 0 Å². The summed E-state index contributed by atoms with van der Waals surface area (Å²) in [5, 5.41) is 3.72. The molecule has 116 valence electrons. The summed E-state index contributed by atoms with van der Waals surface area (Å²) in [5.41, 5.74) is 0. The second kappa shape index (κ2) is 6.30. The molecule has 4 atom stereocenters. The zero-order valence-electron chi connectivity index (χ0n) is 12.9. The minimum atomic E-state index is -0.336. The highest BCUT2D eigenvalue weighted by Gasteiger charge is 2.42. The molecule has 0 aromatic heterocycles. The average Bonchev–Trinajstić information content (AvgIpc) is 2.82. The van der Waals surface area contributed by atoms with E-state index in [0.717, 1.165) is 51.0 Å². The Kier molecular flexibility index (Phi) is 4.65. The molecule has 2 heterocycles. The van der Waals surface area contributed by atoms with Gasteiger partial charge in [0.15, 0.2) is 5.79 Å². The van der Waals surface area contributed by atoms with Crippen LogP contribution < -0.4 is 5.32 Å². The zero-order valence-corrected chi connectivity index (χ0v) is 12.9. The second-order valence-corrected chi connectivity index (χ2v) is 6.98. The fraction of sp³-hybridized carbons (Fsp3) is 1.00. The maximum atomic E-state index is 6.17. The van der Waals surface area contributed by atoms with Crippen molar-refractivity contribution in [1.82, 2.24) is 5.32 Å². The molecule has 4 heteroatoms. The summed E-state index contributed by atoms with van der Waals surface area (Å²) in [4.78, 5) is 0. The van der Waals surface area contributed by atoms with Crippen molar-refractivity contribution in [3.05, 3.63) is 0 Å². The van der Waals surface area contributed by atoms with Gasteiger partial charge in [-0.1, -0.05) is 13.8 Å². The van der Waals surface area contributed by atoms with Crippen molar-refractivity contribution in [2.75, 3.05) is 26.4 Å². The average molecular weight is 283 g/mol. The SMILES string of the molecule is CC1CCC(NCC2COC3(CCOCC3)O2)C(C)C1. The summed E-state index contributed by atoms with van der Waals surface area (Å²) in [5.74, 6) is 1.33. The van der Waals surface area contributed by atoms with Crippen LogP contribution in [0.1, 0.15) is 46.0 Å². The summed E-state index contributed by atoms with van der Waals surface area (Å²) in [6.07, 6.45) is 5.96. The Morgan fingerprint density at radius 2 is 1.95 bits per heavy atom. The molecule has 4 unspecified atom stereocenters. The van der Waals surface area contributed by atoms with Gasteiger partial charge < -0.3 is 19.5 Å². The molecule has 0 radical (unpaired) electrons. The molecular formula is C16H29NO3. The Balaban J connectivity index is 1.43. The van der Waals surface area contributed by atoms with E-state index in [0.29, 0.717) is 6.04 Å². The van der Waals surface area contributed by atoms with Crippen molar-refractivity contribution in [1.29, 1.82) is 0 Å². The summed E-state index contributed by atoms with van der Waals surface area (Å²) in [6.45, 7) is 7.92. The predicted octanol–water partition coefficient (Wildman–Crippen LogP) is 2.32. The fourth-order valence-corrected chi connectivity index (χ4v) is 3.91. The molecule has 1 aliphatic carbocycles. The van der Waals surface area contributed by atoms with Gasteiger partial charge in [-0.3, -0.25) is 0 Å². The van der Waals surface area contributed by atoms with E-state index in [2.05, 4.69) is 19.2 Å². The summed E-state index contributed by atoms with van der Waals surface area (Å²) in [7, 11) is 0. The summed E-state index contributed by atoms with van der Waals surface area (Å²) >= 11 is 0. The lowest BCUT2D eigenvalue weighted by Gasteiger charge is -2.34. The van der Waals surface area contributed by atoms with Crippen LogP contribution in [0.5, 0.6) is 0 Å². The van der Waals surface area contributed by atoms with Crippen LogP contribution in [0.4, 0.5) is 0 Å². The topological polar surface area (TPSA) is 39.7 Å². The standard InChI is InChI=1S/C16H29NO3/c1-12-3-4-15(13(2)9-12)17-10-14-11-19-16(20-14)5-7-18-8-6-16/h12-15,17H,3-11H2,1-2H3. The molecule has 0 aromatic carbocycles. The van der Waals surface area contributed by atoms with Gasteiger partial charge in [-0.15, -0.1) is 0 Å². The van der Waals surface area contributed by atoms with Crippen LogP contribution in [-0.2, 0) is 14.2 Å². The highest BCUT2D eigenvalue weighted by atomic mass is 16.7. The lowest BCUT2D eigenvalue weighted by atomic mass is 9.80. The molecule has 2 aliphatic heterocycles. The first kappa shape index (κ1) is 14.8. The van der Waals surface area contributed by atoms with E-state index in [1.54, 1.807) is 0 Å². The van der Waals surface area contributed by atoms with Gasteiger partial charge in [0.1, 0.15) is 0 Å². The zero-order chi connectivity index (χ0) is 14.0. The summed E-state index contributed by atoms with van der Waals surface area (Å²) < 4.78 is 17.5. The number of hydrogen-bond acceptors (Lipinski definition) is 4. The van der Waals surface area contributed by atoms with Crippen LogP contribution in [0.25, 0.3) is 0 Å². The van der Waals surface area contributed by atoms with E-state index in [1.165, 1.54) is 19.3 Å². The van der Waals surface area contributed by atoms with Crippen molar-refractivity contribution in [3.63, 3.8) is 0 Å². The first-order valence-corrected chi connectivity index (χ1v) is 8.30. The second-order valence-electron chi connectivity index (χ2n) is 6.98. The van der Waals surface area contributed by atoms with Crippen LogP contribution in [-0.4, -0.2) is 44.3 Å². The lowest BCUT2D eigenvalue weighted by Crippen LogP contribution is -2.44. The van der Waals surface area contributed by atoms with Gasteiger partial charge in [-0.05, 0) is 31.1 Å². The molecule has 3 fully saturated rings. The molecule has 0 bridgehead atoms. The smallest absolute Gasteiger partial charge is 0.173 e. The van der Waals surface area contributed by atoms with Crippen LogP contribution in [0.15, 0.2) is 0 Å². The van der Waals surface area contributed by atoms with Crippen molar-refractivity contribution in [2.45, 2.75) is 63.9 Å². The van der Waals surface area contributed by atoms with Gasteiger partial charge in [-0.2, -0.15) is 0 Å². The Bertz CT molecular complexity index is 317. The van der Waals surface area contributed by atoms with E-state index in [1.807, 2.05) is 0 Å². The van der Waals surface area contributed by atoms with E-state index in [-0.39, 0.29) is 11.9 Å². The first-order valence-electron chi connectivity index (χ1n) is 8.30. The van der Waals surface area contributed by atoms with Gasteiger partial charge in [0.05, 0.1) is 25.9 Å². The quantitative estimate of drug-likeness (QED) is 0.863. The van der Waals surface area contributed by atoms with Crippen LogP contribution in [0.3, 0.4) is 0 Å². The lowest BCUT2D eigenvalue weighted by molar-refractivity contribution is -0.210. The maximum Gasteiger partial charge on any atom is 0.173 e. The van der Waals surface area contributed by atoms with Crippen LogP contribution in [0, 0.1) is 11.8 Å². The number of ether oxygens (including phenoxy) is 3. The molecule has 4 nitrogen and oxygen atoms in total. The van der Waals surface area contributed by atoms with Gasteiger partial charge in [0, 0.05) is 25.4 Å². The molecular weight excluding hydrogens is 254 g/mol. The van der Waals surface area contributed by atoms with Gasteiger partial charge in [0.2, 0.25) is 0 Å². The number of hydrogen-bond donors (Lipinski definition) is 1. The Labute approximate surface area is 122 Å². The van der Waals surface area contributed by atoms with E-state index >= 15 is 0 Å². The molecule has 2 saturated heterocycles. The van der Waals surface area contributed by atoms with Crippen molar-refractivity contribution < 1.29 is 14.2 Å². The van der Waals surface area contributed by atoms with Gasteiger partial charge >= 0.3 is 0 Å². The Hall–Kier alpha value is -0.160. The fourth-order valence-electron chi connectivity index (χ4n) is 3.91. The molecule has 3 aliphatic rings. The highest BCUT2D eigenvalue weighted by Crippen LogP contribution is 2.33. The largest absolute Gasteiger partial charge is 0.381 e. The van der Waals surface area contributed by atoms with Gasteiger partial charge in [0.25, 0.3) is 0 Å². The molecule has 1 spiro atoms. The number of nitrogens with one attached hydrogen (secondary N) is 1. The minimum absolute atomic E-state index is 0.208. The third kappa shape index (κ3) is 3.35. The number of rotatable bonds is 3. The molecule has 1 saturated carbocycles. The molecule has 20 heavy (non-hydrogen) atoms. The summed E-state index contributed by atoms with van der Waals surface area (Å²) in [6, 6.07) is 0.654. The Morgan fingerprint density at radius 3 is 2.70 bits per heavy atom. The molecule has 3 rings (SSSR count). The minimum Gasteiger partial charge on any atom is -0.381 e. The molecule has 1 N–H and O–H groups in total. The normalized spacial score (nSPS) is 41.1. The monoisotopic (exact) mass is 283 g/mol. The molecule has 0 amide bonds. The van der Waals surface area contributed by atoms with Crippen molar-refractivity contribution in [3.8, 4) is 0 Å². The first-order chi connectivity index (χ1) is 9.67. The molecule has 0 aromatic rings. The highest BCUT2D eigenvalue weighted by molar-refractivity contribution is 4.85. The van der Waals surface area contributed by atoms with Crippen LogP contribution in [0.2, 0.25) is 0 Å². The van der Waals surface area contributed by atoms with E-state index < -0.39 is 0 Å². The van der Waals surface area contributed by atoms with E-state index in [9.17, 15) is 0 Å². The van der Waals surface area contributed by atoms with E-state index in [4.69, 9.17) is 14.2 Å². The third-order valence-electron chi connectivity index (χ3n) is 5.21. The third-order valence-corrected chi connectivity index (χ3v) is 5.21. The predicted molar refractivity (Wildman–Crippen MR) is 77.6 cm³/mol. The van der Waals surface area contributed by atoms with Crippen LogP contribution >= 0.6 is 0 Å². The Morgan fingerprint density at radius 1 is 1.15 bits per heavy atom. The van der Waals surface area contributed by atoms with Gasteiger partial charge in [-0.25, -0.2) is 0 Å².